The normalized spacial score (nSPS) is 12.2. The van der Waals surface area contributed by atoms with Gasteiger partial charge in [0.15, 0.2) is 5.03 Å². The van der Waals surface area contributed by atoms with E-state index in [0.29, 0.717) is 25.0 Å². The predicted octanol–water partition coefficient (Wildman–Crippen LogP) is 0.669. The molecule has 17 heavy (non-hydrogen) atoms. The van der Waals surface area contributed by atoms with Gasteiger partial charge < -0.3 is 9.72 Å². The van der Waals surface area contributed by atoms with Crippen LogP contribution < -0.4 is 4.72 Å². The lowest BCUT2D eigenvalue weighted by molar-refractivity contribution is 0.114. The topological polar surface area (TPSA) is 84.1 Å². The minimum Gasteiger partial charge on any atom is -0.380 e. The van der Waals surface area contributed by atoms with E-state index < -0.39 is 10.0 Å². The molecular weight excluding hydrogens is 242 g/mol. The summed E-state index contributed by atoms with van der Waals surface area (Å²) in [4.78, 5) is 6.52. The zero-order chi connectivity index (χ0) is 12.9. The van der Waals surface area contributed by atoms with Gasteiger partial charge in [0.2, 0.25) is 0 Å². The Balaban J connectivity index is 2.36. The van der Waals surface area contributed by atoms with Crippen molar-refractivity contribution in [2.45, 2.75) is 25.8 Å². The third-order valence-electron chi connectivity index (χ3n) is 1.96. The van der Waals surface area contributed by atoms with Crippen LogP contribution in [0.1, 0.15) is 19.7 Å². The molecule has 0 saturated heterocycles. The molecule has 0 bridgehead atoms. The van der Waals surface area contributed by atoms with Gasteiger partial charge in [-0.05, 0) is 12.8 Å². The lowest BCUT2D eigenvalue weighted by Crippen LogP contribution is -2.28. The number of nitrogens with one attached hydrogen (secondary N) is 2. The van der Waals surface area contributed by atoms with Crippen molar-refractivity contribution < 1.29 is 13.2 Å². The number of ether oxygens (including phenoxy) is 1. The summed E-state index contributed by atoms with van der Waals surface area (Å²) in [5.74, 6) is 1.02. The van der Waals surface area contributed by atoms with Crippen molar-refractivity contribution in [3.63, 3.8) is 0 Å². The Morgan fingerprint density at radius 1 is 1.53 bits per heavy atom. The summed E-state index contributed by atoms with van der Waals surface area (Å²) in [7, 11) is -3.49. The van der Waals surface area contributed by atoms with Gasteiger partial charge in [0.05, 0.1) is 12.8 Å². The van der Waals surface area contributed by atoms with Crippen molar-refractivity contribution in [1.29, 1.82) is 0 Å². The maximum atomic E-state index is 11.7. The Labute approximate surface area is 102 Å². The van der Waals surface area contributed by atoms with Crippen LogP contribution in [0.4, 0.5) is 0 Å². The highest BCUT2D eigenvalue weighted by Crippen LogP contribution is 2.03. The van der Waals surface area contributed by atoms with E-state index in [-0.39, 0.29) is 11.6 Å². The van der Waals surface area contributed by atoms with Gasteiger partial charge in [0, 0.05) is 13.2 Å². The predicted molar refractivity (Wildman–Crippen MR) is 64.2 cm³/mol. The van der Waals surface area contributed by atoms with Gasteiger partial charge in [0.1, 0.15) is 5.82 Å². The molecule has 0 fully saturated rings. The highest BCUT2D eigenvalue weighted by molar-refractivity contribution is 7.89. The van der Waals surface area contributed by atoms with E-state index >= 15 is 0 Å². The van der Waals surface area contributed by atoms with Crippen molar-refractivity contribution in [3.05, 3.63) is 12.0 Å². The first-order chi connectivity index (χ1) is 7.92. The van der Waals surface area contributed by atoms with E-state index in [2.05, 4.69) is 14.7 Å². The van der Waals surface area contributed by atoms with E-state index in [1.54, 1.807) is 6.92 Å². The zero-order valence-electron chi connectivity index (χ0n) is 10.4. The third-order valence-corrected chi connectivity index (χ3v) is 3.33. The van der Waals surface area contributed by atoms with Gasteiger partial charge in [-0.15, -0.1) is 0 Å². The number of imidazole rings is 1. The van der Waals surface area contributed by atoms with Gasteiger partial charge in [-0.25, -0.2) is 18.1 Å². The summed E-state index contributed by atoms with van der Waals surface area (Å²) in [6.45, 7) is 7.03. The van der Waals surface area contributed by atoms with Crippen LogP contribution in [0.2, 0.25) is 0 Å². The summed E-state index contributed by atoms with van der Waals surface area (Å²) >= 11 is 0. The Bertz CT molecular complexity index is 439. The van der Waals surface area contributed by atoms with Crippen LogP contribution in [-0.4, -0.2) is 38.1 Å². The fourth-order valence-electron chi connectivity index (χ4n) is 1.18. The lowest BCUT2D eigenvalue weighted by Gasteiger charge is -2.07. The van der Waals surface area contributed by atoms with E-state index in [4.69, 9.17) is 4.74 Å². The van der Waals surface area contributed by atoms with Crippen molar-refractivity contribution in [2.75, 3.05) is 19.8 Å². The Morgan fingerprint density at radius 3 is 2.76 bits per heavy atom. The Morgan fingerprint density at radius 2 is 2.24 bits per heavy atom. The van der Waals surface area contributed by atoms with Crippen LogP contribution >= 0.6 is 0 Å². The number of aryl methyl sites for hydroxylation is 1. The van der Waals surface area contributed by atoms with Gasteiger partial charge in [-0.2, -0.15) is 0 Å². The quantitative estimate of drug-likeness (QED) is 0.707. The molecule has 0 spiro atoms. The molecule has 0 aliphatic rings. The average molecular weight is 261 g/mol. The van der Waals surface area contributed by atoms with Gasteiger partial charge in [0.25, 0.3) is 10.0 Å². The van der Waals surface area contributed by atoms with Gasteiger partial charge in [-0.3, -0.25) is 0 Å². The molecule has 0 aliphatic heterocycles. The Hall–Kier alpha value is -0.920. The fraction of sp³-hybridized carbons (Fsp3) is 0.700. The lowest BCUT2D eigenvalue weighted by atomic mass is 10.2. The number of sulfonamides is 1. The first-order valence-electron chi connectivity index (χ1n) is 5.51. The van der Waals surface area contributed by atoms with E-state index in [1.807, 2.05) is 13.8 Å². The summed E-state index contributed by atoms with van der Waals surface area (Å²) in [5.41, 5.74) is 0. The molecule has 0 radical (unpaired) electrons. The minimum absolute atomic E-state index is 0.0823. The number of aromatic amines is 1. The molecular formula is C10H19N3O3S. The largest absolute Gasteiger partial charge is 0.380 e. The maximum absolute atomic E-state index is 11.7. The molecule has 0 aromatic carbocycles. The number of H-pyrrole nitrogens is 1. The number of hydrogen-bond acceptors (Lipinski definition) is 4. The molecule has 98 valence electrons. The van der Waals surface area contributed by atoms with Crippen LogP contribution in [0, 0.1) is 12.8 Å². The molecule has 0 atom stereocenters. The van der Waals surface area contributed by atoms with E-state index in [9.17, 15) is 8.42 Å². The molecule has 1 aromatic rings. The second-order valence-corrected chi connectivity index (χ2v) is 5.93. The molecule has 6 nitrogen and oxygen atoms in total. The molecule has 0 saturated carbocycles. The fourth-order valence-corrected chi connectivity index (χ4v) is 2.16. The summed E-state index contributed by atoms with van der Waals surface area (Å²) < 4.78 is 31.1. The summed E-state index contributed by atoms with van der Waals surface area (Å²) in [6, 6.07) is 0. The monoisotopic (exact) mass is 261 g/mol. The van der Waals surface area contributed by atoms with Crippen molar-refractivity contribution in [3.8, 4) is 0 Å². The highest BCUT2D eigenvalue weighted by atomic mass is 32.2. The molecule has 2 N–H and O–H groups in total. The van der Waals surface area contributed by atoms with E-state index in [1.165, 1.54) is 6.20 Å². The number of aromatic nitrogens is 2. The molecule has 0 unspecified atom stereocenters. The minimum atomic E-state index is -3.49. The van der Waals surface area contributed by atoms with Crippen LogP contribution in [0.25, 0.3) is 0 Å². The first-order valence-corrected chi connectivity index (χ1v) is 6.99. The smallest absolute Gasteiger partial charge is 0.257 e. The number of nitrogens with zero attached hydrogens (tertiary/aromatic N) is 1. The van der Waals surface area contributed by atoms with Crippen molar-refractivity contribution in [2.24, 2.45) is 5.92 Å². The number of rotatable bonds is 7. The number of hydrogen-bond donors (Lipinski definition) is 2. The summed E-state index contributed by atoms with van der Waals surface area (Å²) in [5, 5.41) is 0.0823. The van der Waals surface area contributed by atoms with E-state index in [0.717, 1.165) is 0 Å². The van der Waals surface area contributed by atoms with Crippen LogP contribution in [0.15, 0.2) is 11.2 Å². The highest BCUT2D eigenvalue weighted by Gasteiger charge is 2.15. The van der Waals surface area contributed by atoms with Crippen molar-refractivity contribution >= 4 is 10.0 Å². The van der Waals surface area contributed by atoms with Crippen LogP contribution in [0.3, 0.4) is 0 Å². The maximum Gasteiger partial charge on any atom is 0.257 e. The SMILES string of the molecule is Cc1ncc(S(=O)(=O)NCCOCC(C)C)[nH]1. The third kappa shape index (κ3) is 4.84. The van der Waals surface area contributed by atoms with Crippen molar-refractivity contribution in [1.82, 2.24) is 14.7 Å². The zero-order valence-corrected chi connectivity index (χ0v) is 11.2. The molecule has 0 amide bonds. The first kappa shape index (κ1) is 14.1. The molecule has 1 rings (SSSR count). The Kier molecular flexibility index (Phi) is 5.10. The van der Waals surface area contributed by atoms with Gasteiger partial charge >= 0.3 is 0 Å². The van der Waals surface area contributed by atoms with Crippen LogP contribution in [0.5, 0.6) is 0 Å². The average Bonchev–Trinajstić information content (AvgIpc) is 2.64. The standard InChI is InChI=1S/C10H19N3O3S/c1-8(2)7-16-5-4-12-17(14,15)10-6-11-9(3)13-10/h6,8,12H,4-5,7H2,1-3H3,(H,11,13). The molecule has 1 aromatic heterocycles. The second kappa shape index (κ2) is 6.13. The second-order valence-electron chi connectivity index (χ2n) is 4.20. The van der Waals surface area contributed by atoms with Gasteiger partial charge in [-0.1, -0.05) is 13.8 Å². The summed E-state index contributed by atoms with van der Waals surface area (Å²) in [6.07, 6.45) is 1.30. The molecule has 7 heteroatoms. The van der Waals surface area contributed by atoms with Crippen LogP contribution in [-0.2, 0) is 14.8 Å². The molecule has 1 heterocycles. The molecule has 0 aliphatic carbocycles.